The van der Waals surface area contributed by atoms with Crippen LogP contribution in [0.25, 0.3) is 6.20 Å². The zero-order chi connectivity index (χ0) is 24.0. The molecular formula is C25H38N4O3S. The summed E-state index contributed by atoms with van der Waals surface area (Å²) in [6.07, 6.45) is 11.2. The fourth-order valence-corrected chi connectivity index (χ4v) is 7.40. The second-order valence-corrected chi connectivity index (χ2v) is 13.0. The number of rotatable bonds is 7. The molecule has 0 aromatic carbocycles. The number of ether oxygens (including phenoxy) is 1. The first-order valence-electron chi connectivity index (χ1n) is 12.1. The predicted octanol–water partition coefficient (Wildman–Crippen LogP) is 4.93. The largest absolute Gasteiger partial charge is 0.453 e. The van der Waals surface area contributed by atoms with E-state index in [2.05, 4.69) is 36.5 Å². The van der Waals surface area contributed by atoms with E-state index in [-0.39, 0.29) is 11.9 Å². The van der Waals surface area contributed by atoms with Gasteiger partial charge in [0.05, 0.1) is 24.4 Å². The first kappa shape index (κ1) is 24.2. The molecule has 4 saturated carbocycles. The number of aromatic nitrogens is 2. The maximum atomic E-state index is 13.4. The van der Waals surface area contributed by atoms with Crippen molar-refractivity contribution in [3.63, 3.8) is 0 Å². The molecule has 0 radical (unpaired) electrons. The zero-order valence-corrected chi connectivity index (χ0v) is 21.5. The van der Waals surface area contributed by atoms with Crippen LogP contribution in [0.5, 0.6) is 0 Å². The molecule has 1 heterocycles. The second kappa shape index (κ2) is 9.01. The average Bonchev–Trinajstić information content (AvgIpc) is 3.09. The van der Waals surface area contributed by atoms with Crippen LogP contribution >= 0.6 is 11.8 Å². The highest BCUT2D eigenvalue weighted by molar-refractivity contribution is 7.99. The van der Waals surface area contributed by atoms with Crippen molar-refractivity contribution in [3.05, 3.63) is 17.8 Å². The topological polar surface area (TPSA) is 85.2 Å². The Morgan fingerprint density at radius 1 is 1.27 bits per heavy atom. The number of hydrogen-bond donors (Lipinski definition) is 2. The third-order valence-corrected chi connectivity index (χ3v) is 8.56. The van der Waals surface area contributed by atoms with Crippen LogP contribution in [0.4, 0.5) is 4.79 Å². The Bertz CT molecular complexity index is 922. The molecule has 0 spiro atoms. The minimum atomic E-state index is -0.627. The standard InChI is InChI=1S/C25H38N4O3S/c1-15(2)33-22-19(14-26-29(22)8-7-24(3,4)28-23(31)32-6)21(30)27-20-17-9-16-10-18(20)13-25(5,11-16)12-17/h7-8,14-18,20H,9-13H2,1-6H3,(H,27,30)(H,28,31)/b8-7+. The monoisotopic (exact) mass is 474 g/mol. The van der Waals surface area contributed by atoms with Crippen molar-refractivity contribution in [2.45, 2.75) is 88.6 Å². The molecule has 4 bridgehead atoms. The second-order valence-electron chi connectivity index (χ2n) is 11.4. The van der Waals surface area contributed by atoms with Crippen LogP contribution < -0.4 is 10.6 Å². The van der Waals surface area contributed by atoms with Crippen molar-refractivity contribution in [2.24, 2.45) is 23.2 Å². The van der Waals surface area contributed by atoms with Crippen molar-refractivity contribution < 1.29 is 14.3 Å². The summed E-state index contributed by atoms with van der Waals surface area (Å²) in [6.45, 7) is 10.4. The minimum Gasteiger partial charge on any atom is -0.453 e. The Kier molecular flexibility index (Phi) is 6.60. The fraction of sp³-hybridized carbons (Fsp3) is 0.720. The summed E-state index contributed by atoms with van der Waals surface area (Å²) in [5.41, 5.74) is 0.478. The molecule has 4 fully saturated rings. The maximum absolute atomic E-state index is 13.4. The lowest BCUT2D eigenvalue weighted by Crippen LogP contribution is -2.58. The molecule has 0 saturated heterocycles. The summed E-state index contributed by atoms with van der Waals surface area (Å²) in [4.78, 5) is 25.1. The molecular weight excluding hydrogens is 436 g/mol. The highest BCUT2D eigenvalue weighted by Crippen LogP contribution is 2.59. The van der Waals surface area contributed by atoms with Gasteiger partial charge in [0.2, 0.25) is 0 Å². The molecule has 5 rings (SSSR count). The molecule has 182 valence electrons. The predicted molar refractivity (Wildman–Crippen MR) is 131 cm³/mol. The van der Waals surface area contributed by atoms with E-state index >= 15 is 0 Å². The van der Waals surface area contributed by atoms with Gasteiger partial charge in [-0.15, -0.1) is 11.8 Å². The Balaban J connectivity index is 1.52. The lowest BCUT2D eigenvalue weighted by Gasteiger charge is -2.59. The Morgan fingerprint density at radius 2 is 1.94 bits per heavy atom. The third kappa shape index (κ3) is 5.26. The summed E-state index contributed by atoms with van der Waals surface area (Å²) in [6, 6.07) is 0.279. The molecule has 7 nitrogen and oxygen atoms in total. The van der Waals surface area contributed by atoms with Crippen molar-refractivity contribution in [2.75, 3.05) is 7.11 Å². The fourth-order valence-electron chi connectivity index (χ4n) is 6.46. The summed E-state index contributed by atoms with van der Waals surface area (Å²) in [7, 11) is 1.34. The van der Waals surface area contributed by atoms with Crippen molar-refractivity contribution in [1.82, 2.24) is 20.4 Å². The Morgan fingerprint density at radius 3 is 2.52 bits per heavy atom. The van der Waals surface area contributed by atoms with Crippen LogP contribution in [-0.2, 0) is 4.74 Å². The van der Waals surface area contributed by atoms with E-state index in [1.807, 2.05) is 19.9 Å². The number of carbonyl (C=O) groups is 2. The molecule has 8 heteroatoms. The molecule has 2 atom stereocenters. The van der Waals surface area contributed by atoms with Gasteiger partial charge in [0, 0.05) is 17.5 Å². The number of alkyl carbamates (subject to hydrolysis) is 1. The van der Waals surface area contributed by atoms with Gasteiger partial charge >= 0.3 is 6.09 Å². The van der Waals surface area contributed by atoms with Crippen LogP contribution in [0, 0.1) is 23.2 Å². The smallest absolute Gasteiger partial charge is 0.407 e. The van der Waals surface area contributed by atoms with Crippen LogP contribution in [0.1, 0.15) is 77.1 Å². The SMILES string of the molecule is COC(=O)NC(C)(C)/C=C/n1ncc(C(=O)NC2C3CC4CC2CC(C)(C4)C3)c1SC(C)C. The van der Waals surface area contributed by atoms with Crippen LogP contribution in [0.2, 0.25) is 0 Å². The van der Waals surface area contributed by atoms with Gasteiger partial charge in [-0.3, -0.25) is 4.79 Å². The molecule has 4 aliphatic carbocycles. The Hall–Kier alpha value is -1.96. The average molecular weight is 475 g/mol. The van der Waals surface area contributed by atoms with Crippen molar-refractivity contribution in [3.8, 4) is 0 Å². The highest BCUT2D eigenvalue weighted by atomic mass is 32.2. The molecule has 33 heavy (non-hydrogen) atoms. The summed E-state index contributed by atoms with van der Waals surface area (Å²) in [5, 5.41) is 11.8. The van der Waals surface area contributed by atoms with Gasteiger partial charge in [0.25, 0.3) is 5.91 Å². The number of carbonyl (C=O) groups excluding carboxylic acids is 2. The number of nitrogens with one attached hydrogen (secondary N) is 2. The van der Waals surface area contributed by atoms with Crippen LogP contribution in [-0.4, -0.2) is 45.7 Å². The number of amides is 2. The van der Waals surface area contributed by atoms with Gasteiger partial charge in [-0.1, -0.05) is 20.8 Å². The summed E-state index contributed by atoms with van der Waals surface area (Å²) >= 11 is 1.62. The number of hydrogen-bond acceptors (Lipinski definition) is 5. The lowest BCUT2D eigenvalue weighted by molar-refractivity contribution is -0.0641. The van der Waals surface area contributed by atoms with Gasteiger partial charge in [-0.2, -0.15) is 5.10 Å². The van der Waals surface area contributed by atoms with E-state index in [0.29, 0.717) is 28.1 Å². The number of thioether (sulfide) groups is 1. The van der Waals surface area contributed by atoms with E-state index in [9.17, 15) is 9.59 Å². The maximum Gasteiger partial charge on any atom is 0.407 e. The lowest BCUT2D eigenvalue weighted by atomic mass is 9.48. The normalized spacial score (nSPS) is 30.8. The van der Waals surface area contributed by atoms with Gasteiger partial charge in [0.1, 0.15) is 5.03 Å². The third-order valence-electron chi connectivity index (χ3n) is 7.46. The van der Waals surface area contributed by atoms with E-state index in [4.69, 9.17) is 4.74 Å². The molecule has 1 aromatic rings. The van der Waals surface area contributed by atoms with Gasteiger partial charge in [-0.25, -0.2) is 9.48 Å². The van der Waals surface area contributed by atoms with E-state index < -0.39 is 11.6 Å². The zero-order valence-electron chi connectivity index (χ0n) is 20.7. The summed E-state index contributed by atoms with van der Waals surface area (Å²) < 4.78 is 6.44. The van der Waals surface area contributed by atoms with Gasteiger partial charge in [0.15, 0.2) is 0 Å². The van der Waals surface area contributed by atoms with E-state index in [1.54, 1.807) is 28.8 Å². The van der Waals surface area contributed by atoms with Crippen molar-refractivity contribution >= 4 is 30.0 Å². The molecule has 4 aliphatic rings. The summed E-state index contributed by atoms with van der Waals surface area (Å²) in [5.74, 6) is 2.04. The molecule has 2 N–H and O–H groups in total. The number of methoxy groups -OCH3 is 1. The molecule has 1 aromatic heterocycles. The minimum absolute atomic E-state index is 0.0210. The molecule has 2 unspecified atom stereocenters. The van der Waals surface area contributed by atoms with Crippen LogP contribution in [0.3, 0.4) is 0 Å². The highest BCUT2D eigenvalue weighted by Gasteiger charge is 2.53. The molecule has 0 aliphatic heterocycles. The Labute approximate surface area is 201 Å². The first-order valence-corrected chi connectivity index (χ1v) is 13.0. The van der Waals surface area contributed by atoms with Gasteiger partial charge < -0.3 is 15.4 Å². The number of nitrogens with zero attached hydrogens (tertiary/aromatic N) is 2. The van der Waals surface area contributed by atoms with E-state index in [0.717, 1.165) is 10.9 Å². The quantitative estimate of drug-likeness (QED) is 0.547. The van der Waals surface area contributed by atoms with Crippen LogP contribution in [0.15, 0.2) is 17.3 Å². The first-order chi connectivity index (χ1) is 15.5. The van der Waals surface area contributed by atoms with Crippen molar-refractivity contribution in [1.29, 1.82) is 0 Å². The molecule has 2 amide bonds. The van der Waals surface area contributed by atoms with E-state index in [1.165, 1.54) is 39.2 Å². The van der Waals surface area contributed by atoms with Gasteiger partial charge in [-0.05, 0) is 75.2 Å².